The summed E-state index contributed by atoms with van der Waals surface area (Å²) in [6.45, 7) is 6.82. The van der Waals surface area contributed by atoms with Crippen molar-refractivity contribution in [1.29, 1.82) is 0 Å². The summed E-state index contributed by atoms with van der Waals surface area (Å²) in [7, 11) is 1.69. The van der Waals surface area contributed by atoms with Gasteiger partial charge in [0.1, 0.15) is 11.5 Å². The number of methoxy groups -OCH3 is 1. The third kappa shape index (κ3) is 7.05. The largest absolute Gasteiger partial charge is 0.497 e. The molecule has 2 aromatic carbocycles. The average molecular weight is 524 g/mol. The fourth-order valence-corrected chi connectivity index (χ4v) is 3.57. The molecule has 1 atom stereocenters. The van der Waals surface area contributed by atoms with Gasteiger partial charge in [-0.2, -0.15) is 0 Å². The number of likely N-dealkylation sites (tertiary alicyclic amines) is 1. The van der Waals surface area contributed by atoms with Crippen molar-refractivity contribution in [2.45, 2.75) is 38.8 Å². The van der Waals surface area contributed by atoms with Gasteiger partial charge in [0.25, 0.3) is 0 Å². The molecule has 2 aromatic rings. The van der Waals surface area contributed by atoms with Gasteiger partial charge in [0, 0.05) is 5.69 Å². The van der Waals surface area contributed by atoms with Gasteiger partial charge in [-0.15, -0.1) is 24.0 Å². The highest BCUT2D eigenvalue weighted by Crippen LogP contribution is 2.27. The number of nitrogens with one attached hydrogen (secondary N) is 1. The van der Waals surface area contributed by atoms with Crippen LogP contribution in [-0.2, 0) is 0 Å². The van der Waals surface area contributed by atoms with Crippen LogP contribution in [0.3, 0.4) is 0 Å². The lowest BCUT2D eigenvalue weighted by atomic mass is 10.1. The minimum atomic E-state index is 0. The van der Waals surface area contributed by atoms with Crippen molar-refractivity contribution in [2.75, 3.05) is 32.1 Å². The van der Waals surface area contributed by atoms with Gasteiger partial charge in [0.2, 0.25) is 0 Å². The molecule has 1 heterocycles. The first-order chi connectivity index (χ1) is 14.0. The molecule has 7 heteroatoms. The number of halogens is 1. The minimum Gasteiger partial charge on any atom is -0.497 e. The molecule has 0 aromatic heterocycles. The van der Waals surface area contributed by atoms with Gasteiger partial charge in [-0.1, -0.05) is 12.1 Å². The Hall–Kier alpha value is -2.00. The van der Waals surface area contributed by atoms with Crippen LogP contribution in [0.4, 0.5) is 5.69 Å². The molecular formula is C23H33IN4O2. The molecule has 1 unspecified atom stereocenters. The Morgan fingerprint density at radius 1 is 1.03 bits per heavy atom. The second kappa shape index (κ2) is 12.0. The topological polar surface area (TPSA) is 72.1 Å². The van der Waals surface area contributed by atoms with E-state index in [-0.39, 0.29) is 36.1 Å². The molecule has 1 aliphatic heterocycles. The molecule has 0 spiro atoms. The number of ether oxygens (including phenoxy) is 2. The molecule has 0 amide bonds. The van der Waals surface area contributed by atoms with Crippen LogP contribution >= 0.6 is 24.0 Å². The van der Waals surface area contributed by atoms with Crippen LogP contribution in [0, 0.1) is 0 Å². The highest BCUT2D eigenvalue weighted by Gasteiger charge is 2.23. The quantitative estimate of drug-likeness (QED) is 0.299. The van der Waals surface area contributed by atoms with Crippen molar-refractivity contribution in [1.82, 2.24) is 4.90 Å². The summed E-state index contributed by atoms with van der Waals surface area (Å²) in [5.74, 6) is 2.12. The number of hydrogen-bond acceptors (Lipinski definition) is 4. The molecule has 0 aliphatic carbocycles. The zero-order valence-electron chi connectivity index (χ0n) is 18.0. The van der Waals surface area contributed by atoms with E-state index in [2.05, 4.69) is 27.3 Å². The van der Waals surface area contributed by atoms with E-state index in [1.54, 1.807) is 7.11 Å². The number of benzene rings is 2. The Bertz CT molecular complexity index is 788. The van der Waals surface area contributed by atoms with Gasteiger partial charge in [-0.05, 0) is 81.7 Å². The van der Waals surface area contributed by atoms with E-state index in [0.717, 1.165) is 30.3 Å². The Kier molecular flexibility index (Phi) is 9.71. The van der Waals surface area contributed by atoms with Gasteiger partial charge in [-0.3, -0.25) is 9.89 Å². The van der Waals surface area contributed by atoms with Gasteiger partial charge in [-0.25, -0.2) is 0 Å². The van der Waals surface area contributed by atoms with Gasteiger partial charge in [0.05, 0.1) is 25.8 Å². The number of nitrogens with two attached hydrogens (primary N) is 1. The first-order valence-electron chi connectivity index (χ1n) is 10.3. The molecule has 30 heavy (non-hydrogen) atoms. The van der Waals surface area contributed by atoms with Crippen molar-refractivity contribution in [2.24, 2.45) is 10.7 Å². The maximum atomic E-state index is 6.16. The third-order valence-electron chi connectivity index (χ3n) is 5.02. The van der Waals surface area contributed by atoms with E-state index in [9.17, 15) is 0 Å². The molecule has 1 saturated heterocycles. The molecule has 0 saturated carbocycles. The maximum Gasteiger partial charge on any atom is 0.193 e. The molecule has 1 fully saturated rings. The Balaban J connectivity index is 0.00000320. The van der Waals surface area contributed by atoms with Gasteiger partial charge >= 0.3 is 0 Å². The predicted octanol–water partition coefficient (Wildman–Crippen LogP) is 4.66. The van der Waals surface area contributed by atoms with Crippen LogP contribution in [0.1, 0.15) is 38.3 Å². The van der Waals surface area contributed by atoms with Crippen molar-refractivity contribution < 1.29 is 9.47 Å². The van der Waals surface area contributed by atoms with Gasteiger partial charge < -0.3 is 20.5 Å². The summed E-state index contributed by atoms with van der Waals surface area (Å²) < 4.78 is 11.0. The van der Waals surface area contributed by atoms with Crippen molar-refractivity contribution >= 4 is 35.6 Å². The van der Waals surface area contributed by atoms with E-state index < -0.39 is 0 Å². The van der Waals surface area contributed by atoms with Crippen LogP contribution < -0.4 is 20.5 Å². The van der Waals surface area contributed by atoms with E-state index in [4.69, 9.17) is 15.2 Å². The molecule has 164 valence electrons. The monoisotopic (exact) mass is 524 g/mol. The first-order valence-corrected chi connectivity index (χ1v) is 10.3. The van der Waals surface area contributed by atoms with Crippen LogP contribution in [0.5, 0.6) is 11.5 Å². The summed E-state index contributed by atoms with van der Waals surface area (Å²) in [5, 5.41) is 3.17. The van der Waals surface area contributed by atoms with E-state index in [1.165, 1.54) is 18.4 Å². The van der Waals surface area contributed by atoms with Crippen LogP contribution in [0.2, 0.25) is 0 Å². The molecule has 6 nitrogen and oxygen atoms in total. The number of guanidine groups is 1. The fourth-order valence-electron chi connectivity index (χ4n) is 3.57. The lowest BCUT2D eigenvalue weighted by molar-refractivity contribution is 0.242. The maximum absolute atomic E-state index is 6.16. The molecular weight excluding hydrogens is 491 g/mol. The number of hydrogen-bond donors (Lipinski definition) is 2. The van der Waals surface area contributed by atoms with Gasteiger partial charge in [0.15, 0.2) is 5.96 Å². The number of nitrogens with zero attached hydrogens (tertiary/aromatic N) is 2. The molecule has 3 rings (SSSR count). The van der Waals surface area contributed by atoms with Crippen LogP contribution in [0.15, 0.2) is 53.5 Å². The summed E-state index contributed by atoms with van der Waals surface area (Å²) in [5.41, 5.74) is 8.29. The number of anilines is 1. The van der Waals surface area contributed by atoms with E-state index in [0.29, 0.717) is 12.5 Å². The van der Waals surface area contributed by atoms with Crippen LogP contribution in [-0.4, -0.2) is 43.7 Å². The Morgan fingerprint density at radius 3 is 2.20 bits per heavy atom. The lowest BCUT2D eigenvalue weighted by Gasteiger charge is -2.27. The Labute approximate surface area is 196 Å². The second-order valence-electron chi connectivity index (χ2n) is 7.57. The standard InChI is InChI=1S/C23H32N4O2.HI/c1-17(2)29-21-12-8-19(9-13-21)26-23(24)25-16-22(27-14-4-5-15-27)18-6-10-20(28-3)11-7-18;/h6-13,17,22H,4-5,14-16H2,1-3H3,(H3,24,25,26);1H. The third-order valence-corrected chi connectivity index (χ3v) is 5.02. The predicted molar refractivity (Wildman–Crippen MR) is 134 cm³/mol. The summed E-state index contributed by atoms with van der Waals surface area (Å²) in [4.78, 5) is 7.12. The fraction of sp³-hybridized carbons (Fsp3) is 0.435. The minimum absolute atomic E-state index is 0. The number of aliphatic imine (C=N–C) groups is 1. The smallest absolute Gasteiger partial charge is 0.193 e. The second-order valence-corrected chi connectivity index (χ2v) is 7.57. The summed E-state index contributed by atoms with van der Waals surface area (Å²) in [6, 6.07) is 16.2. The highest BCUT2D eigenvalue weighted by molar-refractivity contribution is 14.0. The lowest BCUT2D eigenvalue weighted by Crippen LogP contribution is -2.30. The van der Waals surface area contributed by atoms with Crippen LogP contribution in [0.25, 0.3) is 0 Å². The zero-order valence-corrected chi connectivity index (χ0v) is 20.3. The van der Waals surface area contributed by atoms with E-state index >= 15 is 0 Å². The molecule has 0 radical (unpaired) electrons. The van der Waals surface area contributed by atoms with Crippen molar-refractivity contribution in [3.8, 4) is 11.5 Å². The number of rotatable bonds is 8. The molecule has 0 bridgehead atoms. The van der Waals surface area contributed by atoms with Crippen molar-refractivity contribution in [3.63, 3.8) is 0 Å². The average Bonchev–Trinajstić information content (AvgIpc) is 3.24. The molecule has 3 N–H and O–H groups in total. The summed E-state index contributed by atoms with van der Waals surface area (Å²) in [6.07, 6.45) is 2.62. The van der Waals surface area contributed by atoms with E-state index in [1.807, 2.05) is 50.2 Å². The SMILES string of the molecule is COc1ccc(C(CN=C(N)Nc2ccc(OC(C)C)cc2)N2CCCC2)cc1.I. The van der Waals surface area contributed by atoms with Crippen molar-refractivity contribution in [3.05, 3.63) is 54.1 Å². The normalized spacial score (nSPS) is 15.5. The highest BCUT2D eigenvalue weighted by atomic mass is 127. The zero-order chi connectivity index (χ0) is 20.6. The summed E-state index contributed by atoms with van der Waals surface area (Å²) >= 11 is 0. The Morgan fingerprint density at radius 2 is 1.63 bits per heavy atom. The molecule has 1 aliphatic rings. The first kappa shape index (κ1) is 24.3.